The summed E-state index contributed by atoms with van der Waals surface area (Å²) in [6.45, 7) is 9.84. The Morgan fingerprint density at radius 3 is 2.38 bits per heavy atom. The number of pyridine rings is 2. The number of aromatic carboxylic acids is 1. The number of carboxylic acids is 1. The van der Waals surface area contributed by atoms with Crippen molar-refractivity contribution < 1.29 is 23.9 Å². The second-order valence-electron chi connectivity index (χ2n) is 11.3. The van der Waals surface area contributed by atoms with Crippen LogP contribution >= 0.6 is 11.6 Å². The fourth-order valence-corrected chi connectivity index (χ4v) is 5.01. The van der Waals surface area contributed by atoms with Crippen molar-refractivity contribution in [3.05, 3.63) is 76.6 Å². The number of halogens is 1. The van der Waals surface area contributed by atoms with Crippen LogP contribution in [0.1, 0.15) is 61.2 Å². The van der Waals surface area contributed by atoms with Gasteiger partial charge in [0.1, 0.15) is 16.9 Å². The number of hydrogen-bond acceptors (Lipinski definition) is 6. The lowest BCUT2D eigenvalue weighted by atomic mass is 9.86. The van der Waals surface area contributed by atoms with Crippen LogP contribution in [0.5, 0.6) is 0 Å². The zero-order chi connectivity index (χ0) is 29.0. The molecule has 0 radical (unpaired) electrons. The molecule has 1 fully saturated rings. The summed E-state index contributed by atoms with van der Waals surface area (Å²) in [7, 11) is 0. The molecule has 9 nitrogen and oxygen atoms in total. The number of carbonyl (C=O) groups excluding carboxylic acids is 2. The molecule has 1 aromatic carbocycles. The monoisotopic (exact) mass is 560 g/mol. The number of aromatic nitrogens is 2. The SMILES string of the molecule is CC(C)(C)c1cc(-c2ccc(Cl)cc2)nc2cc(C(=O)N3CCN(c4cccc(C(=O)O)n4)C(=O)C3(C)C)oc12. The maximum absolute atomic E-state index is 13.8. The highest BCUT2D eigenvalue weighted by molar-refractivity contribution is 6.30. The molecule has 0 bridgehead atoms. The standard InChI is InChI=1S/C30H29ClN4O5/c1-29(2,3)19-15-21(17-9-11-18(31)12-10-17)32-22-16-23(40-25(19)22)26(36)35-14-13-34(28(39)30(35,4)5)24-8-6-7-20(33-24)27(37)38/h6-12,15-16H,13-14H2,1-5H3,(H,37,38). The number of nitrogens with zero attached hydrogens (tertiary/aromatic N) is 4. The smallest absolute Gasteiger partial charge is 0.354 e. The highest BCUT2D eigenvalue weighted by Gasteiger charge is 2.46. The summed E-state index contributed by atoms with van der Waals surface area (Å²) in [5.74, 6) is -1.69. The highest BCUT2D eigenvalue weighted by Crippen LogP contribution is 2.36. The molecule has 0 spiro atoms. The average molecular weight is 561 g/mol. The maximum atomic E-state index is 13.8. The number of piperazine rings is 1. The lowest BCUT2D eigenvalue weighted by Gasteiger charge is -2.45. The molecule has 5 rings (SSSR count). The van der Waals surface area contributed by atoms with Crippen molar-refractivity contribution in [2.45, 2.75) is 45.6 Å². The van der Waals surface area contributed by atoms with Gasteiger partial charge in [0.25, 0.3) is 11.8 Å². The second-order valence-corrected chi connectivity index (χ2v) is 11.7. The Bertz CT molecular complexity index is 1650. The van der Waals surface area contributed by atoms with Gasteiger partial charge in [-0.05, 0) is 49.6 Å². The number of carboxylic acid groups (broad SMARTS) is 1. The van der Waals surface area contributed by atoms with Crippen LogP contribution in [0.25, 0.3) is 22.4 Å². The van der Waals surface area contributed by atoms with Crippen LogP contribution in [-0.4, -0.2) is 56.4 Å². The van der Waals surface area contributed by atoms with Crippen molar-refractivity contribution in [3.63, 3.8) is 0 Å². The quantitative estimate of drug-likeness (QED) is 0.335. The van der Waals surface area contributed by atoms with Crippen LogP contribution in [0.4, 0.5) is 5.82 Å². The lowest BCUT2D eigenvalue weighted by molar-refractivity contribution is -0.129. The first-order chi connectivity index (χ1) is 18.8. The van der Waals surface area contributed by atoms with Crippen molar-refractivity contribution in [2.75, 3.05) is 18.0 Å². The van der Waals surface area contributed by atoms with E-state index in [2.05, 4.69) is 25.8 Å². The summed E-state index contributed by atoms with van der Waals surface area (Å²) in [5, 5.41) is 9.92. The number of anilines is 1. The maximum Gasteiger partial charge on any atom is 0.354 e. The van der Waals surface area contributed by atoms with E-state index in [0.717, 1.165) is 16.8 Å². The van der Waals surface area contributed by atoms with E-state index in [-0.39, 0.29) is 41.7 Å². The van der Waals surface area contributed by atoms with Crippen molar-refractivity contribution >= 4 is 46.3 Å². The fourth-order valence-electron chi connectivity index (χ4n) is 4.88. The van der Waals surface area contributed by atoms with Crippen LogP contribution < -0.4 is 4.90 Å². The Morgan fingerprint density at radius 1 is 1.02 bits per heavy atom. The van der Waals surface area contributed by atoms with Gasteiger partial charge in [0.15, 0.2) is 17.0 Å². The van der Waals surface area contributed by atoms with Crippen LogP contribution in [0.3, 0.4) is 0 Å². The van der Waals surface area contributed by atoms with Crippen LogP contribution in [-0.2, 0) is 10.2 Å². The van der Waals surface area contributed by atoms with Gasteiger partial charge in [0, 0.05) is 35.3 Å². The zero-order valence-corrected chi connectivity index (χ0v) is 23.6. The molecule has 1 aliphatic rings. The molecule has 0 unspecified atom stereocenters. The Morgan fingerprint density at radius 2 is 1.73 bits per heavy atom. The predicted molar refractivity (Wildman–Crippen MR) is 152 cm³/mol. The molecule has 4 heterocycles. The van der Waals surface area contributed by atoms with Crippen molar-refractivity contribution in [1.82, 2.24) is 14.9 Å². The highest BCUT2D eigenvalue weighted by atomic mass is 35.5. The molecule has 206 valence electrons. The van der Waals surface area contributed by atoms with E-state index >= 15 is 0 Å². The number of furan rings is 1. The number of hydrogen-bond donors (Lipinski definition) is 1. The van der Waals surface area contributed by atoms with Gasteiger partial charge in [-0.2, -0.15) is 0 Å². The van der Waals surface area contributed by atoms with Crippen molar-refractivity contribution in [2.24, 2.45) is 0 Å². The van der Waals surface area contributed by atoms with E-state index in [4.69, 9.17) is 21.0 Å². The average Bonchev–Trinajstić information content (AvgIpc) is 3.33. The van der Waals surface area contributed by atoms with E-state index in [1.807, 2.05) is 18.2 Å². The molecule has 0 atom stereocenters. The minimum Gasteiger partial charge on any atom is -0.477 e. The first-order valence-electron chi connectivity index (χ1n) is 12.8. The summed E-state index contributed by atoms with van der Waals surface area (Å²) in [6, 6.07) is 15.5. The van der Waals surface area contributed by atoms with Crippen molar-refractivity contribution in [3.8, 4) is 11.3 Å². The summed E-state index contributed by atoms with van der Waals surface area (Å²) >= 11 is 6.08. The van der Waals surface area contributed by atoms with Crippen LogP contribution in [0.15, 0.2) is 59.0 Å². The van der Waals surface area contributed by atoms with E-state index in [9.17, 15) is 19.5 Å². The Kier molecular flexibility index (Phi) is 6.66. The molecular weight excluding hydrogens is 532 g/mol. The van der Waals surface area contributed by atoms with E-state index in [1.54, 1.807) is 38.1 Å². The number of fused-ring (bicyclic) bond motifs is 1. The second kappa shape index (κ2) is 9.75. The fraction of sp³-hybridized carbons (Fsp3) is 0.300. The molecule has 4 aromatic rings. The van der Waals surface area contributed by atoms with E-state index in [1.165, 1.54) is 21.9 Å². The van der Waals surface area contributed by atoms with Gasteiger partial charge in [-0.3, -0.25) is 14.5 Å². The van der Waals surface area contributed by atoms with Gasteiger partial charge in [-0.15, -0.1) is 0 Å². The van der Waals surface area contributed by atoms with Gasteiger partial charge in [0.05, 0.1) is 5.69 Å². The van der Waals surface area contributed by atoms with Crippen LogP contribution in [0, 0.1) is 0 Å². The normalized spacial score (nSPS) is 15.5. The molecule has 1 N–H and O–H groups in total. The minimum atomic E-state index is -1.25. The van der Waals surface area contributed by atoms with Crippen molar-refractivity contribution in [1.29, 1.82) is 0 Å². The third kappa shape index (κ3) is 4.81. The van der Waals surface area contributed by atoms with E-state index in [0.29, 0.717) is 16.1 Å². The lowest BCUT2D eigenvalue weighted by Crippen LogP contribution is -2.65. The molecule has 3 aromatic heterocycles. The molecule has 1 aliphatic heterocycles. The predicted octanol–water partition coefficient (Wildman–Crippen LogP) is 5.81. The molecule has 0 aliphatic carbocycles. The first kappa shape index (κ1) is 27.3. The number of carbonyl (C=O) groups is 3. The number of benzene rings is 1. The number of rotatable bonds is 4. The van der Waals surface area contributed by atoms with Gasteiger partial charge in [-0.25, -0.2) is 14.8 Å². The molecule has 0 saturated carbocycles. The molecule has 1 saturated heterocycles. The van der Waals surface area contributed by atoms with Gasteiger partial charge in [0.2, 0.25) is 0 Å². The topological polar surface area (TPSA) is 117 Å². The summed E-state index contributed by atoms with van der Waals surface area (Å²) in [5.41, 5.74) is 1.85. The van der Waals surface area contributed by atoms with Crippen LogP contribution in [0.2, 0.25) is 5.02 Å². The van der Waals surface area contributed by atoms with Gasteiger partial charge < -0.3 is 14.4 Å². The Balaban J connectivity index is 1.50. The molecule has 2 amide bonds. The minimum absolute atomic E-state index is 0.0848. The summed E-state index contributed by atoms with van der Waals surface area (Å²) < 4.78 is 6.16. The Labute approximate surface area is 236 Å². The number of amides is 2. The third-order valence-electron chi connectivity index (χ3n) is 7.10. The largest absolute Gasteiger partial charge is 0.477 e. The molecule has 10 heteroatoms. The third-order valence-corrected chi connectivity index (χ3v) is 7.36. The summed E-state index contributed by atoms with van der Waals surface area (Å²) in [4.78, 5) is 50.5. The molecular formula is C30H29ClN4O5. The Hall–Kier alpha value is -4.24. The summed E-state index contributed by atoms with van der Waals surface area (Å²) in [6.07, 6.45) is 0. The van der Waals surface area contributed by atoms with Gasteiger partial charge >= 0.3 is 5.97 Å². The zero-order valence-electron chi connectivity index (χ0n) is 22.9. The first-order valence-corrected chi connectivity index (χ1v) is 13.2. The molecule has 40 heavy (non-hydrogen) atoms. The van der Waals surface area contributed by atoms with E-state index < -0.39 is 17.4 Å². The van der Waals surface area contributed by atoms with Gasteiger partial charge in [-0.1, -0.05) is 50.6 Å².